The molecule has 0 aromatic carbocycles. The Morgan fingerprint density at radius 2 is 2.32 bits per heavy atom. The Hall–Kier alpha value is -1.14. The van der Waals surface area contributed by atoms with Crippen molar-refractivity contribution in [2.75, 3.05) is 11.4 Å². The van der Waals surface area contributed by atoms with E-state index in [4.69, 9.17) is 12.2 Å². The molecule has 2 aromatic heterocycles. The van der Waals surface area contributed by atoms with E-state index in [0.29, 0.717) is 12.1 Å². The van der Waals surface area contributed by atoms with E-state index in [-0.39, 0.29) is 0 Å². The van der Waals surface area contributed by atoms with Crippen molar-refractivity contribution >= 4 is 29.5 Å². The molecule has 0 bridgehead atoms. The van der Waals surface area contributed by atoms with Crippen LogP contribution in [0.1, 0.15) is 42.3 Å². The highest BCUT2D eigenvalue weighted by molar-refractivity contribution is 7.71. The maximum Gasteiger partial charge on any atom is 0.226 e. The fourth-order valence-corrected chi connectivity index (χ4v) is 4.18. The molecule has 1 N–H and O–H groups in total. The summed E-state index contributed by atoms with van der Waals surface area (Å²) in [6.45, 7) is 3.29. The summed E-state index contributed by atoms with van der Waals surface area (Å²) in [5.41, 5.74) is 1.45. The quantitative estimate of drug-likeness (QED) is 0.861. The van der Waals surface area contributed by atoms with Gasteiger partial charge in [-0.2, -0.15) is 0 Å². The molecule has 1 fully saturated rings. The van der Waals surface area contributed by atoms with Crippen LogP contribution >= 0.6 is 23.6 Å². The number of aromatic amines is 1. The second-order valence-electron chi connectivity index (χ2n) is 5.35. The van der Waals surface area contributed by atoms with E-state index < -0.39 is 0 Å². The molecule has 3 heterocycles. The first-order valence-electron chi connectivity index (χ1n) is 6.75. The fraction of sp³-hybridized carbons (Fsp3) is 0.538. The molecule has 0 amide bonds. The summed E-state index contributed by atoms with van der Waals surface area (Å²) >= 11 is 7.25. The first-order chi connectivity index (χ1) is 9.25. The van der Waals surface area contributed by atoms with Crippen LogP contribution in [0.3, 0.4) is 0 Å². The first-order valence-corrected chi connectivity index (χ1v) is 8.04. The summed E-state index contributed by atoms with van der Waals surface area (Å²) in [5.74, 6) is 1.02. The maximum absolute atomic E-state index is 5.38. The number of nitrogens with zero attached hydrogens (tertiary/aromatic N) is 3. The zero-order chi connectivity index (χ0) is 13.0. The summed E-state index contributed by atoms with van der Waals surface area (Å²) in [7, 11) is 0. The normalized spacial score (nSPS) is 22.6. The minimum atomic E-state index is 0.387. The molecular weight excluding hydrogens is 276 g/mol. The smallest absolute Gasteiger partial charge is 0.226 e. The zero-order valence-electron chi connectivity index (χ0n) is 10.8. The van der Waals surface area contributed by atoms with Crippen molar-refractivity contribution in [2.24, 2.45) is 0 Å². The molecule has 4 rings (SSSR count). The van der Waals surface area contributed by atoms with Gasteiger partial charge in [-0.25, -0.2) is 5.10 Å². The Kier molecular flexibility index (Phi) is 2.57. The molecule has 0 radical (unpaired) electrons. The number of rotatable bonds is 2. The van der Waals surface area contributed by atoms with Crippen LogP contribution in [0, 0.1) is 4.77 Å². The molecule has 6 heteroatoms. The van der Waals surface area contributed by atoms with Gasteiger partial charge in [-0.05, 0) is 55.4 Å². The van der Waals surface area contributed by atoms with Crippen LogP contribution in [0.5, 0.6) is 0 Å². The Labute approximate surface area is 121 Å². The van der Waals surface area contributed by atoms with Crippen LogP contribution in [0.4, 0.5) is 5.95 Å². The molecular formula is C13H16N4S2. The van der Waals surface area contributed by atoms with Crippen molar-refractivity contribution in [1.29, 1.82) is 0 Å². The lowest BCUT2D eigenvalue weighted by Gasteiger charge is -2.34. The lowest BCUT2D eigenvalue weighted by molar-refractivity contribution is 0.587. The summed E-state index contributed by atoms with van der Waals surface area (Å²) in [6.07, 6.45) is 3.57. The van der Waals surface area contributed by atoms with Crippen molar-refractivity contribution < 1.29 is 0 Å². The number of hydrogen-bond acceptors (Lipinski definition) is 4. The SMILES string of the molecule is CC1c2ccsc2CCN1c1n[nH]c(=S)n1C1CC1. The van der Waals surface area contributed by atoms with Gasteiger partial charge in [0.1, 0.15) is 0 Å². The topological polar surface area (TPSA) is 36.9 Å². The predicted molar refractivity (Wildman–Crippen MR) is 79.5 cm³/mol. The van der Waals surface area contributed by atoms with Gasteiger partial charge in [0, 0.05) is 17.5 Å². The van der Waals surface area contributed by atoms with Crippen molar-refractivity contribution in [3.05, 3.63) is 26.7 Å². The standard InChI is InChI=1S/C13H16N4S2/c1-8-10-5-7-19-11(10)4-6-16(8)12-14-15-13(18)17(12)9-2-3-9/h5,7-9H,2-4,6H2,1H3,(H,15,18). The van der Waals surface area contributed by atoms with Crippen LogP contribution in [-0.2, 0) is 6.42 Å². The van der Waals surface area contributed by atoms with Gasteiger partial charge in [0.2, 0.25) is 5.95 Å². The molecule has 100 valence electrons. The number of aromatic nitrogens is 3. The Morgan fingerprint density at radius 1 is 1.47 bits per heavy atom. The summed E-state index contributed by atoms with van der Waals surface area (Å²) in [5, 5.41) is 9.65. The summed E-state index contributed by atoms with van der Waals surface area (Å²) < 4.78 is 2.98. The van der Waals surface area contributed by atoms with Crippen molar-refractivity contribution in [1.82, 2.24) is 14.8 Å². The Bertz CT molecular complexity index is 664. The molecule has 4 nitrogen and oxygen atoms in total. The molecule has 1 atom stereocenters. The second kappa shape index (κ2) is 4.18. The van der Waals surface area contributed by atoms with E-state index in [9.17, 15) is 0 Å². The predicted octanol–water partition coefficient (Wildman–Crippen LogP) is 3.46. The molecule has 1 aliphatic heterocycles. The third kappa shape index (κ3) is 1.77. The van der Waals surface area contributed by atoms with Gasteiger partial charge in [0.05, 0.1) is 6.04 Å². The minimum absolute atomic E-state index is 0.387. The third-order valence-electron chi connectivity index (χ3n) is 4.13. The van der Waals surface area contributed by atoms with E-state index in [1.807, 2.05) is 11.3 Å². The molecule has 19 heavy (non-hydrogen) atoms. The highest BCUT2D eigenvalue weighted by Gasteiger charge is 2.33. The van der Waals surface area contributed by atoms with Crippen LogP contribution in [0.25, 0.3) is 0 Å². The molecule has 1 aliphatic carbocycles. The van der Waals surface area contributed by atoms with Gasteiger partial charge >= 0.3 is 0 Å². The molecule has 0 saturated heterocycles. The highest BCUT2D eigenvalue weighted by atomic mass is 32.1. The van der Waals surface area contributed by atoms with Gasteiger partial charge < -0.3 is 4.90 Å². The number of fused-ring (bicyclic) bond motifs is 1. The van der Waals surface area contributed by atoms with Gasteiger partial charge in [-0.3, -0.25) is 4.57 Å². The first kappa shape index (κ1) is 11.7. The van der Waals surface area contributed by atoms with E-state index >= 15 is 0 Å². The van der Waals surface area contributed by atoms with Gasteiger partial charge in [0.25, 0.3) is 0 Å². The molecule has 1 saturated carbocycles. The molecule has 1 unspecified atom stereocenters. The Morgan fingerprint density at radius 3 is 3.11 bits per heavy atom. The van der Waals surface area contributed by atoms with Gasteiger partial charge in [-0.15, -0.1) is 16.4 Å². The molecule has 2 aliphatic rings. The fourth-order valence-electron chi connectivity index (χ4n) is 2.94. The highest BCUT2D eigenvalue weighted by Crippen LogP contribution is 2.41. The number of thiophene rings is 1. The third-order valence-corrected chi connectivity index (χ3v) is 5.42. The average molecular weight is 292 g/mol. The van der Waals surface area contributed by atoms with E-state index in [1.165, 1.54) is 23.3 Å². The molecule has 0 spiro atoms. The van der Waals surface area contributed by atoms with Crippen molar-refractivity contribution in [2.45, 2.75) is 38.3 Å². The summed E-state index contributed by atoms with van der Waals surface area (Å²) in [4.78, 5) is 3.91. The summed E-state index contributed by atoms with van der Waals surface area (Å²) in [6, 6.07) is 3.20. The largest absolute Gasteiger partial charge is 0.334 e. The van der Waals surface area contributed by atoms with Gasteiger partial charge in [-0.1, -0.05) is 0 Å². The van der Waals surface area contributed by atoms with Crippen molar-refractivity contribution in [3.8, 4) is 0 Å². The lowest BCUT2D eigenvalue weighted by Crippen LogP contribution is -2.35. The van der Waals surface area contributed by atoms with Crippen LogP contribution in [0.2, 0.25) is 0 Å². The minimum Gasteiger partial charge on any atom is -0.334 e. The van der Waals surface area contributed by atoms with E-state index in [2.05, 4.69) is 38.0 Å². The number of anilines is 1. The Balaban J connectivity index is 1.76. The number of hydrogen-bond donors (Lipinski definition) is 1. The van der Waals surface area contributed by atoms with Gasteiger partial charge in [0.15, 0.2) is 4.77 Å². The maximum atomic E-state index is 5.38. The number of nitrogens with one attached hydrogen (secondary N) is 1. The van der Waals surface area contributed by atoms with E-state index in [1.54, 1.807) is 0 Å². The van der Waals surface area contributed by atoms with Crippen LogP contribution < -0.4 is 4.90 Å². The lowest BCUT2D eigenvalue weighted by atomic mass is 10.0. The zero-order valence-corrected chi connectivity index (χ0v) is 12.4. The average Bonchev–Trinajstić information content (AvgIpc) is 2.98. The van der Waals surface area contributed by atoms with Crippen molar-refractivity contribution in [3.63, 3.8) is 0 Å². The monoisotopic (exact) mass is 292 g/mol. The van der Waals surface area contributed by atoms with Crippen LogP contribution in [0.15, 0.2) is 11.4 Å². The van der Waals surface area contributed by atoms with Crippen LogP contribution in [-0.4, -0.2) is 21.3 Å². The second-order valence-corrected chi connectivity index (χ2v) is 6.74. The number of H-pyrrole nitrogens is 1. The van der Waals surface area contributed by atoms with E-state index in [0.717, 1.165) is 23.7 Å². The molecule has 2 aromatic rings.